The lowest BCUT2D eigenvalue weighted by Crippen LogP contribution is -2.04. The van der Waals surface area contributed by atoms with Crippen LogP contribution in [0.15, 0.2) is 24.3 Å². The van der Waals surface area contributed by atoms with Gasteiger partial charge in [0.25, 0.3) is 10.1 Å². The van der Waals surface area contributed by atoms with E-state index < -0.39 is 10.1 Å². The minimum Gasteiger partial charge on any atom is -0.494 e. The van der Waals surface area contributed by atoms with Gasteiger partial charge in [0.1, 0.15) is 5.75 Å². The van der Waals surface area contributed by atoms with Gasteiger partial charge >= 0.3 is 0 Å². The van der Waals surface area contributed by atoms with E-state index in [1.165, 1.54) is 0 Å². The van der Waals surface area contributed by atoms with E-state index in [0.717, 1.165) is 17.7 Å². The SMILES string of the molecule is C#Cc1ccc(OCCCCCS(=O)(=O)O)cc1. The second-order valence-electron chi connectivity index (χ2n) is 3.86. The van der Waals surface area contributed by atoms with Crippen LogP contribution in [0.5, 0.6) is 5.75 Å². The quantitative estimate of drug-likeness (QED) is 0.467. The average molecular weight is 268 g/mol. The summed E-state index contributed by atoms with van der Waals surface area (Å²) in [5, 5.41) is 0. The lowest BCUT2D eigenvalue weighted by molar-refractivity contribution is 0.306. The van der Waals surface area contributed by atoms with Crippen LogP contribution in [-0.4, -0.2) is 25.3 Å². The molecule has 1 aromatic carbocycles. The van der Waals surface area contributed by atoms with Crippen LogP contribution >= 0.6 is 0 Å². The van der Waals surface area contributed by atoms with E-state index in [1.54, 1.807) is 24.3 Å². The molecule has 0 bridgehead atoms. The minimum atomic E-state index is -3.83. The Hall–Kier alpha value is -1.51. The van der Waals surface area contributed by atoms with Crippen molar-refractivity contribution in [3.8, 4) is 18.1 Å². The van der Waals surface area contributed by atoms with Crippen LogP contribution in [0.4, 0.5) is 0 Å². The summed E-state index contributed by atoms with van der Waals surface area (Å²) < 4.78 is 34.9. The van der Waals surface area contributed by atoms with Gasteiger partial charge in [-0.05, 0) is 43.5 Å². The number of unbranched alkanes of at least 4 members (excludes halogenated alkanes) is 2. The highest BCUT2D eigenvalue weighted by molar-refractivity contribution is 7.85. The van der Waals surface area contributed by atoms with Crippen molar-refractivity contribution in [2.24, 2.45) is 0 Å². The molecule has 0 aromatic heterocycles. The first-order valence-corrected chi connectivity index (χ1v) is 7.27. The van der Waals surface area contributed by atoms with Crippen molar-refractivity contribution in [1.29, 1.82) is 0 Å². The summed E-state index contributed by atoms with van der Waals surface area (Å²) in [6.45, 7) is 0.515. The van der Waals surface area contributed by atoms with Crippen LogP contribution in [0.2, 0.25) is 0 Å². The molecule has 1 N–H and O–H groups in total. The van der Waals surface area contributed by atoms with Gasteiger partial charge in [0.15, 0.2) is 0 Å². The maximum Gasteiger partial charge on any atom is 0.264 e. The standard InChI is InChI=1S/C13H16O4S/c1-2-12-6-8-13(9-7-12)17-10-4-3-5-11-18(14,15)16/h1,6-9H,3-5,10-11H2,(H,14,15,16). The van der Waals surface area contributed by atoms with E-state index in [4.69, 9.17) is 15.7 Å². The molecule has 0 saturated heterocycles. The zero-order valence-electron chi connectivity index (χ0n) is 10.0. The lowest BCUT2D eigenvalue weighted by Gasteiger charge is -2.05. The third-order valence-corrected chi connectivity index (χ3v) is 3.14. The Morgan fingerprint density at radius 3 is 2.39 bits per heavy atom. The number of benzene rings is 1. The fourth-order valence-electron chi connectivity index (χ4n) is 1.40. The van der Waals surface area contributed by atoms with Crippen molar-refractivity contribution in [3.05, 3.63) is 29.8 Å². The predicted octanol–water partition coefficient (Wildman–Crippen LogP) is 2.10. The molecule has 0 heterocycles. The topological polar surface area (TPSA) is 63.6 Å². The number of hydrogen-bond donors (Lipinski definition) is 1. The molecule has 98 valence electrons. The monoisotopic (exact) mass is 268 g/mol. The van der Waals surface area contributed by atoms with Crippen molar-refractivity contribution in [2.45, 2.75) is 19.3 Å². The van der Waals surface area contributed by atoms with E-state index in [2.05, 4.69) is 5.92 Å². The fourth-order valence-corrected chi connectivity index (χ4v) is 1.97. The van der Waals surface area contributed by atoms with Crippen LogP contribution in [0.3, 0.4) is 0 Å². The molecular weight excluding hydrogens is 252 g/mol. The van der Waals surface area contributed by atoms with Crippen molar-refractivity contribution in [1.82, 2.24) is 0 Å². The first kappa shape index (κ1) is 14.6. The Bertz CT molecular complexity index is 497. The molecule has 1 aromatic rings. The third-order valence-electron chi connectivity index (χ3n) is 2.34. The number of terminal acetylenes is 1. The molecule has 1 rings (SSSR count). The van der Waals surface area contributed by atoms with Gasteiger partial charge in [0.2, 0.25) is 0 Å². The van der Waals surface area contributed by atoms with Gasteiger partial charge in [-0.3, -0.25) is 4.55 Å². The summed E-state index contributed by atoms with van der Waals surface area (Å²) in [6.07, 6.45) is 7.11. The maximum atomic E-state index is 10.5. The highest BCUT2D eigenvalue weighted by atomic mass is 32.2. The molecule has 0 aliphatic rings. The Morgan fingerprint density at radius 1 is 1.17 bits per heavy atom. The van der Waals surface area contributed by atoms with Gasteiger partial charge in [-0.2, -0.15) is 8.42 Å². The van der Waals surface area contributed by atoms with Crippen molar-refractivity contribution >= 4 is 10.1 Å². The number of hydrogen-bond acceptors (Lipinski definition) is 3. The zero-order valence-corrected chi connectivity index (χ0v) is 10.8. The van der Waals surface area contributed by atoms with Crippen LogP contribution < -0.4 is 4.74 Å². The van der Waals surface area contributed by atoms with Gasteiger partial charge in [0.05, 0.1) is 12.4 Å². The summed E-state index contributed by atoms with van der Waals surface area (Å²) >= 11 is 0. The van der Waals surface area contributed by atoms with E-state index in [1.807, 2.05) is 0 Å². The van der Waals surface area contributed by atoms with E-state index >= 15 is 0 Å². The molecule has 0 aliphatic carbocycles. The second-order valence-corrected chi connectivity index (χ2v) is 5.44. The summed E-state index contributed by atoms with van der Waals surface area (Å²) in [4.78, 5) is 0. The molecular formula is C13H16O4S. The van der Waals surface area contributed by atoms with Gasteiger partial charge < -0.3 is 4.74 Å². The fraction of sp³-hybridized carbons (Fsp3) is 0.385. The Kier molecular flexibility index (Phi) is 5.69. The molecule has 0 spiro atoms. The van der Waals surface area contributed by atoms with Crippen molar-refractivity contribution < 1.29 is 17.7 Å². The Morgan fingerprint density at radius 2 is 1.83 bits per heavy atom. The smallest absolute Gasteiger partial charge is 0.264 e. The Labute approximate surface area is 108 Å². The van der Waals surface area contributed by atoms with E-state index in [9.17, 15) is 8.42 Å². The van der Waals surface area contributed by atoms with E-state index in [0.29, 0.717) is 19.4 Å². The third kappa shape index (κ3) is 6.28. The molecule has 0 amide bonds. The number of ether oxygens (including phenoxy) is 1. The van der Waals surface area contributed by atoms with Crippen molar-refractivity contribution in [3.63, 3.8) is 0 Å². The van der Waals surface area contributed by atoms with Gasteiger partial charge in [-0.25, -0.2) is 0 Å². The summed E-state index contributed by atoms with van der Waals surface area (Å²) in [5.74, 6) is 3.07. The normalized spacial score (nSPS) is 10.9. The predicted molar refractivity (Wildman–Crippen MR) is 70.1 cm³/mol. The molecule has 0 saturated carbocycles. The molecule has 5 heteroatoms. The summed E-state index contributed by atoms with van der Waals surface area (Å²) in [5.41, 5.74) is 0.801. The van der Waals surface area contributed by atoms with Crippen molar-refractivity contribution in [2.75, 3.05) is 12.4 Å². The van der Waals surface area contributed by atoms with Gasteiger partial charge in [0, 0.05) is 5.56 Å². The molecule has 0 radical (unpaired) electrons. The molecule has 0 aliphatic heterocycles. The Balaban J connectivity index is 2.16. The van der Waals surface area contributed by atoms with Crippen LogP contribution in [-0.2, 0) is 10.1 Å². The second kappa shape index (κ2) is 7.04. The average Bonchev–Trinajstić information content (AvgIpc) is 2.33. The van der Waals surface area contributed by atoms with E-state index in [-0.39, 0.29) is 5.75 Å². The summed E-state index contributed by atoms with van der Waals surface area (Å²) in [7, 11) is -3.83. The first-order chi connectivity index (χ1) is 8.51. The molecule has 0 fully saturated rings. The van der Waals surface area contributed by atoms with Crippen LogP contribution in [0.1, 0.15) is 24.8 Å². The molecule has 0 atom stereocenters. The highest BCUT2D eigenvalue weighted by Crippen LogP contribution is 2.12. The van der Waals surface area contributed by atoms with Crippen LogP contribution in [0.25, 0.3) is 0 Å². The lowest BCUT2D eigenvalue weighted by atomic mass is 10.2. The number of rotatable bonds is 7. The zero-order chi connectivity index (χ0) is 13.4. The molecule has 0 unspecified atom stereocenters. The molecule has 18 heavy (non-hydrogen) atoms. The van der Waals surface area contributed by atoms with Crippen LogP contribution in [0, 0.1) is 12.3 Å². The highest BCUT2D eigenvalue weighted by Gasteiger charge is 2.03. The van der Waals surface area contributed by atoms with Gasteiger partial charge in [-0.15, -0.1) is 6.42 Å². The minimum absolute atomic E-state index is 0.191. The summed E-state index contributed by atoms with van der Waals surface area (Å²) in [6, 6.07) is 7.20. The molecule has 4 nitrogen and oxygen atoms in total. The maximum absolute atomic E-state index is 10.5. The van der Waals surface area contributed by atoms with Gasteiger partial charge in [-0.1, -0.05) is 5.92 Å². The largest absolute Gasteiger partial charge is 0.494 e. The first-order valence-electron chi connectivity index (χ1n) is 5.66.